The van der Waals surface area contributed by atoms with E-state index in [1.807, 2.05) is 23.1 Å². The maximum Gasteiger partial charge on any atom is 0.293 e. The second-order valence-electron chi connectivity index (χ2n) is 7.48. The number of rotatable bonds is 6. The van der Waals surface area contributed by atoms with Gasteiger partial charge in [0.25, 0.3) is 11.6 Å². The maximum atomic E-state index is 12.6. The van der Waals surface area contributed by atoms with E-state index in [2.05, 4.69) is 17.4 Å². The average molecular weight is 365 g/mol. The molecule has 2 aromatic carbocycles. The average Bonchev–Trinajstić information content (AvgIpc) is 3.30. The fourth-order valence-corrected chi connectivity index (χ4v) is 3.90. The topological polar surface area (TPSA) is 75.5 Å². The number of carbonyl (C=O) groups is 1. The lowest BCUT2D eigenvalue weighted by atomic mass is 9.96. The summed E-state index contributed by atoms with van der Waals surface area (Å²) in [5, 5.41) is 14.5. The molecule has 27 heavy (non-hydrogen) atoms. The van der Waals surface area contributed by atoms with Gasteiger partial charge in [-0.25, -0.2) is 0 Å². The number of nitrogens with one attached hydrogen (secondary N) is 1. The molecular weight excluding hydrogens is 342 g/mol. The third-order valence-electron chi connectivity index (χ3n) is 5.71. The van der Waals surface area contributed by atoms with Crippen molar-refractivity contribution < 1.29 is 9.72 Å². The van der Waals surface area contributed by atoms with E-state index in [9.17, 15) is 14.9 Å². The van der Waals surface area contributed by atoms with E-state index in [1.54, 1.807) is 12.1 Å². The molecule has 2 aliphatic rings. The Bertz CT molecular complexity index is 856. The molecule has 1 aliphatic heterocycles. The van der Waals surface area contributed by atoms with E-state index in [0.29, 0.717) is 17.8 Å². The number of carbonyl (C=O) groups excluding carboxylic acids is 1. The highest BCUT2D eigenvalue weighted by atomic mass is 16.6. The Morgan fingerprint density at radius 2 is 1.81 bits per heavy atom. The molecule has 0 spiro atoms. The third-order valence-corrected chi connectivity index (χ3v) is 5.71. The zero-order valence-electron chi connectivity index (χ0n) is 15.2. The van der Waals surface area contributed by atoms with Crippen molar-refractivity contribution in [3.05, 3.63) is 69.8 Å². The fraction of sp³-hybridized carbons (Fsp3) is 0.381. The summed E-state index contributed by atoms with van der Waals surface area (Å²) in [5.74, 6) is -0.256. The molecule has 6 nitrogen and oxygen atoms in total. The SMILES string of the molecule is O=C(NCC1(c2ccccc2)CC1)c1ccc(N2CCCC2)c([N+](=O)[O-])c1. The molecule has 1 N–H and O–H groups in total. The molecular formula is C21H23N3O3. The standard InChI is InChI=1S/C21H23N3O3/c25-20(22-15-21(10-11-21)17-6-2-1-3-7-17)16-8-9-18(19(14-16)24(26)27)23-12-4-5-13-23/h1-3,6-9,14H,4-5,10-13,15H2,(H,22,25). The molecule has 0 unspecified atom stereocenters. The van der Waals surface area contributed by atoms with Crippen molar-refractivity contribution >= 4 is 17.3 Å². The van der Waals surface area contributed by atoms with Crippen LogP contribution in [0, 0.1) is 10.1 Å². The highest BCUT2D eigenvalue weighted by Crippen LogP contribution is 2.47. The first-order chi connectivity index (χ1) is 13.1. The summed E-state index contributed by atoms with van der Waals surface area (Å²) < 4.78 is 0. The van der Waals surface area contributed by atoms with Crippen LogP contribution in [0.25, 0.3) is 0 Å². The van der Waals surface area contributed by atoms with Gasteiger partial charge in [-0.15, -0.1) is 0 Å². The van der Waals surface area contributed by atoms with Gasteiger partial charge in [-0.3, -0.25) is 14.9 Å². The predicted octanol–water partition coefficient (Wildman–Crippen LogP) is 3.66. The molecule has 0 atom stereocenters. The Morgan fingerprint density at radius 1 is 1.11 bits per heavy atom. The molecule has 6 heteroatoms. The molecule has 0 radical (unpaired) electrons. The zero-order chi connectivity index (χ0) is 18.9. The van der Waals surface area contributed by atoms with Gasteiger partial charge in [0.15, 0.2) is 0 Å². The molecule has 1 heterocycles. The van der Waals surface area contributed by atoms with Crippen LogP contribution in [-0.4, -0.2) is 30.5 Å². The van der Waals surface area contributed by atoms with Crippen molar-refractivity contribution in [2.45, 2.75) is 31.1 Å². The Kier molecular flexibility index (Phi) is 4.56. The van der Waals surface area contributed by atoms with Gasteiger partial charge in [-0.2, -0.15) is 0 Å². The smallest absolute Gasteiger partial charge is 0.293 e. The molecule has 1 saturated carbocycles. The molecule has 1 amide bonds. The van der Waals surface area contributed by atoms with Crippen molar-refractivity contribution in [3.8, 4) is 0 Å². The maximum absolute atomic E-state index is 12.6. The second kappa shape index (κ2) is 7.02. The summed E-state index contributed by atoms with van der Waals surface area (Å²) in [6.45, 7) is 2.20. The number of anilines is 1. The number of hydrogen-bond donors (Lipinski definition) is 1. The summed E-state index contributed by atoms with van der Waals surface area (Å²) in [6.07, 6.45) is 4.18. The first kappa shape index (κ1) is 17.5. The lowest BCUT2D eigenvalue weighted by molar-refractivity contribution is -0.384. The predicted molar refractivity (Wildman–Crippen MR) is 104 cm³/mol. The summed E-state index contributed by atoms with van der Waals surface area (Å²) in [5.41, 5.74) is 2.21. The number of nitrogens with zero attached hydrogens (tertiary/aromatic N) is 2. The van der Waals surface area contributed by atoms with Crippen molar-refractivity contribution in [3.63, 3.8) is 0 Å². The van der Waals surface area contributed by atoms with Crippen LogP contribution in [0.5, 0.6) is 0 Å². The first-order valence-corrected chi connectivity index (χ1v) is 9.46. The Labute approximate surface area is 158 Å². The van der Waals surface area contributed by atoms with E-state index in [0.717, 1.165) is 38.8 Å². The molecule has 1 saturated heterocycles. The second-order valence-corrected chi connectivity index (χ2v) is 7.48. The van der Waals surface area contributed by atoms with Crippen molar-refractivity contribution in [1.82, 2.24) is 5.32 Å². The van der Waals surface area contributed by atoms with E-state index in [1.165, 1.54) is 11.6 Å². The Morgan fingerprint density at radius 3 is 2.44 bits per heavy atom. The summed E-state index contributed by atoms with van der Waals surface area (Å²) in [4.78, 5) is 25.8. The van der Waals surface area contributed by atoms with E-state index < -0.39 is 4.92 Å². The minimum Gasteiger partial charge on any atom is -0.366 e. The quantitative estimate of drug-likeness (QED) is 0.626. The van der Waals surface area contributed by atoms with Gasteiger partial charge < -0.3 is 10.2 Å². The van der Waals surface area contributed by atoms with E-state index in [-0.39, 0.29) is 17.0 Å². The summed E-state index contributed by atoms with van der Waals surface area (Å²) in [7, 11) is 0. The number of nitro benzene ring substituents is 1. The van der Waals surface area contributed by atoms with E-state index in [4.69, 9.17) is 0 Å². The Hall–Kier alpha value is -2.89. The number of benzene rings is 2. The highest BCUT2D eigenvalue weighted by Gasteiger charge is 2.44. The Balaban J connectivity index is 1.49. The van der Waals surface area contributed by atoms with Crippen LogP contribution in [0.15, 0.2) is 48.5 Å². The van der Waals surface area contributed by atoms with Crippen LogP contribution in [0.4, 0.5) is 11.4 Å². The van der Waals surface area contributed by atoms with Gasteiger partial charge in [0.05, 0.1) is 4.92 Å². The number of hydrogen-bond acceptors (Lipinski definition) is 4. The molecule has 4 rings (SSSR count). The monoisotopic (exact) mass is 365 g/mol. The minimum absolute atomic E-state index is 0.00810. The van der Waals surface area contributed by atoms with Crippen LogP contribution in [0.1, 0.15) is 41.6 Å². The van der Waals surface area contributed by atoms with Crippen molar-refractivity contribution in [2.75, 3.05) is 24.5 Å². The fourth-order valence-electron chi connectivity index (χ4n) is 3.90. The molecule has 2 fully saturated rings. The van der Waals surface area contributed by atoms with Crippen LogP contribution >= 0.6 is 0 Å². The molecule has 140 valence electrons. The first-order valence-electron chi connectivity index (χ1n) is 9.46. The van der Waals surface area contributed by atoms with Crippen LogP contribution in [0.2, 0.25) is 0 Å². The number of nitro groups is 1. The van der Waals surface area contributed by atoms with Gasteiger partial charge in [-0.1, -0.05) is 30.3 Å². The largest absolute Gasteiger partial charge is 0.366 e. The van der Waals surface area contributed by atoms with E-state index >= 15 is 0 Å². The van der Waals surface area contributed by atoms with Gasteiger partial charge in [0, 0.05) is 36.7 Å². The van der Waals surface area contributed by atoms with Crippen LogP contribution < -0.4 is 10.2 Å². The molecule has 2 aromatic rings. The highest BCUT2D eigenvalue weighted by molar-refractivity contribution is 5.95. The van der Waals surface area contributed by atoms with Crippen LogP contribution in [0.3, 0.4) is 0 Å². The third kappa shape index (κ3) is 3.52. The zero-order valence-corrected chi connectivity index (χ0v) is 15.2. The lowest BCUT2D eigenvalue weighted by Gasteiger charge is -2.19. The van der Waals surface area contributed by atoms with Crippen molar-refractivity contribution in [2.24, 2.45) is 0 Å². The lowest BCUT2D eigenvalue weighted by Crippen LogP contribution is -2.32. The van der Waals surface area contributed by atoms with Gasteiger partial charge >= 0.3 is 0 Å². The van der Waals surface area contributed by atoms with Gasteiger partial charge in [-0.05, 0) is 43.4 Å². The van der Waals surface area contributed by atoms with Gasteiger partial charge in [0.1, 0.15) is 5.69 Å². The minimum atomic E-state index is -0.392. The summed E-state index contributed by atoms with van der Waals surface area (Å²) in [6, 6.07) is 15.0. The molecule has 1 aliphatic carbocycles. The molecule has 0 bridgehead atoms. The number of amides is 1. The molecule has 0 aromatic heterocycles. The summed E-state index contributed by atoms with van der Waals surface area (Å²) >= 11 is 0. The normalized spacial score (nSPS) is 17.6. The van der Waals surface area contributed by atoms with Crippen molar-refractivity contribution in [1.29, 1.82) is 0 Å². The van der Waals surface area contributed by atoms with Crippen LogP contribution in [-0.2, 0) is 5.41 Å². The van der Waals surface area contributed by atoms with Gasteiger partial charge in [0.2, 0.25) is 0 Å².